The van der Waals surface area contributed by atoms with Crippen molar-refractivity contribution in [3.63, 3.8) is 0 Å². The van der Waals surface area contributed by atoms with Crippen LogP contribution in [-0.2, 0) is 19.6 Å². The van der Waals surface area contributed by atoms with Gasteiger partial charge < -0.3 is 20.1 Å². The van der Waals surface area contributed by atoms with E-state index in [4.69, 9.17) is 15.2 Å². The topological polar surface area (TPSA) is 115 Å². The third kappa shape index (κ3) is 3.82. The maximum absolute atomic E-state index is 13.0. The van der Waals surface area contributed by atoms with Crippen molar-refractivity contribution in [3.05, 3.63) is 30.2 Å². The lowest BCUT2D eigenvalue weighted by atomic mass is 10.0. The van der Waals surface area contributed by atoms with E-state index in [9.17, 15) is 17.6 Å². The van der Waals surface area contributed by atoms with E-state index in [2.05, 4.69) is 4.98 Å². The number of hydrogen-bond donors (Lipinski definition) is 1. The maximum Gasteiger partial charge on any atom is 0.244 e. The fourth-order valence-electron chi connectivity index (χ4n) is 4.09. The second-order valence-electron chi connectivity index (χ2n) is 7.85. The first-order chi connectivity index (χ1) is 14.4. The Kier molecular flexibility index (Phi) is 5.80. The van der Waals surface area contributed by atoms with Crippen LogP contribution in [-0.4, -0.2) is 81.1 Å². The van der Waals surface area contributed by atoms with Gasteiger partial charge in [-0.25, -0.2) is 17.8 Å². The first-order valence-corrected chi connectivity index (χ1v) is 11.3. The molecule has 0 spiro atoms. The molecule has 2 saturated heterocycles. The zero-order valence-corrected chi connectivity index (χ0v) is 17.3. The van der Waals surface area contributed by atoms with Crippen LogP contribution in [0.3, 0.4) is 0 Å². The average molecular weight is 440 g/mol. The first-order valence-electron chi connectivity index (χ1n) is 9.85. The Morgan fingerprint density at radius 3 is 2.80 bits per heavy atom. The summed E-state index contributed by atoms with van der Waals surface area (Å²) in [6.07, 6.45) is 2.32. The van der Waals surface area contributed by atoms with Crippen molar-refractivity contribution < 1.29 is 27.1 Å². The van der Waals surface area contributed by atoms with Crippen molar-refractivity contribution in [2.45, 2.75) is 11.3 Å². The number of aromatic nitrogens is 1. The quantitative estimate of drug-likeness (QED) is 0.641. The molecule has 0 aromatic carbocycles. The maximum atomic E-state index is 13.0. The number of hydrogen-bond acceptors (Lipinski definition) is 7. The summed E-state index contributed by atoms with van der Waals surface area (Å²) in [6.45, 7) is 2.61. The summed E-state index contributed by atoms with van der Waals surface area (Å²) in [5.74, 6) is 0.261. The van der Waals surface area contributed by atoms with Crippen LogP contribution in [0.25, 0.3) is 0 Å². The van der Waals surface area contributed by atoms with Crippen LogP contribution in [0.4, 0.5) is 4.39 Å². The molecule has 2 atom stereocenters. The van der Waals surface area contributed by atoms with Gasteiger partial charge in [-0.3, -0.25) is 4.79 Å². The molecule has 4 rings (SSSR count). The Labute approximate surface area is 174 Å². The van der Waals surface area contributed by atoms with Crippen molar-refractivity contribution >= 4 is 15.9 Å². The van der Waals surface area contributed by atoms with Gasteiger partial charge in [0, 0.05) is 44.4 Å². The lowest BCUT2D eigenvalue weighted by Gasteiger charge is -2.30. The Morgan fingerprint density at radius 1 is 1.40 bits per heavy atom. The number of morpholine rings is 1. The van der Waals surface area contributed by atoms with E-state index < -0.39 is 15.4 Å². The van der Waals surface area contributed by atoms with Gasteiger partial charge in [0.25, 0.3) is 0 Å². The summed E-state index contributed by atoms with van der Waals surface area (Å²) in [5, 5.41) is 0. The number of amides is 1. The highest BCUT2D eigenvalue weighted by Gasteiger charge is 2.67. The Bertz CT molecular complexity index is 933. The molecule has 164 valence electrons. The van der Waals surface area contributed by atoms with E-state index in [1.54, 1.807) is 4.90 Å². The number of carbonyl (C=O) groups excluding carboxylic acids is 1. The number of rotatable bonds is 7. The summed E-state index contributed by atoms with van der Waals surface area (Å²) < 4.78 is 50.6. The molecule has 1 amide bonds. The summed E-state index contributed by atoms with van der Waals surface area (Å²) >= 11 is 0. The number of fused-ring (bicyclic) bond motifs is 1. The summed E-state index contributed by atoms with van der Waals surface area (Å²) in [5.41, 5.74) is 5.03. The minimum Gasteiger partial charge on any atom is -0.473 e. The van der Waals surface area contributed by atoms with E-state index in [1.807, 2.05) is 0 Å². The van der Waals surface area contributed by atoms with Gasteiger partial charge >= 0.3 is 0 Å². The predicted octanol–water partition coefficient (Wildman–Crippen LogP) is 0.142. The highest BCUT2D eigenvalue weighted by atomic mass is 32.2. The number of halogens is 1. The molecule has 11 heteroatoms. The van der Waals surface area contributed by atoms with Crippen LogP contribution in [0, 0.1) is 11.3 Å². The second kappa shape index (κ2) is 8.22. The molecule has 30 heavy (non-hydrogen) atoms. The third-order valence-corrected chi connectivity index (χ3v) is 7.80. The highest BCUT2D eigenvalue weighted by molar-refractivity contribution is 7.89. The number of sulfonamides is 1. The molecule has 9 nitrogen and oxygen atoms in total. The van der Waals surface area contributed by atoms with E-state index in [0.717, 1.165) is 6.42 Å². The Morgan fingerprint density at radius 2 is 2.17 bits per heavy atom. The number of nitrogens with zero attached hydrogens (tertiary/aromatic N) is 3. The molecule has 3 fully saturated rings. The number of piperidine rings is 1. The van der Waals surface area contributed by atoms with Crippen LogP contribution in [0.1, 0.15) is 6.42 Å². The van der Waals surface area contributed by atoms with Crippen molar-refractivity contribution in [3.8, 4) is 5.88 Å². The lowest BCUT2D eigenvalue weighted by molar-refractivity contribution is -0.141. The molecule has 2 aliphatic heterocycles. The van der Waals surface area contributed by atoms with Crippen LogP contribution in [0.15, 0.2) is 35.1 Å². The van der Waals surface area contributed by atoms with E-state index in [1.165, 1.54) is 22.6 Å². The van der Waals surface area contributed by atoms with Gasteiger partial charge in [-0.2, -0.15) is 4.31 Å². The lowest BCUT2D eigenvalue weighted by Crippen LogP contribution is -2.46. The van der Waals surface area contributed by atoms with Crippen LogP contribution in [0.5, 0.6) is 5.88 Å². The zero-order valence-electron chi connectivity index (χ0n) is 16.5. The standard InChI is InChI=1S/C19H25FN4O5S/c20-8-14(9-21)12-29-17-2-1-16(10-22-17)30(26,27)24-11-15-7-19(15,13-24)18(25)23-3-5-28-6-4-23/h1-2,8,10,15H,3-7,9,11-13,21H2/b14-8+/t15?,19-/m1/s1. The number of carbonyl (C=O) groups is 1. The molecule has 1 aromatic rings. The van der Waals surface area contributed by atoms with Gasteiger partial charge in [-0.1, -0.05) is 0 Å². The average Bonchev–Trinajstić information content (AvgIpc) is 3.35. The Balaban J connectivity index is 1.41. The van der Waals surface area contributed by atoms with Crippen molar-refractivity contribution in [1.82, 2.24) is 14.2 Å². The van der Waals surface area contributed by atoms with Gasteiger partial charge in [0.2, 0.25) is 21.8 Å². The van der Waals surface area contributed by atoms with Gasteiger partial charge in [0.05, 0.1) is 31.2 Å². The monoisotopic (exact) mass is 440 g/mol. The molecule has 3 aliphatic rings. The van der Waals surface area contributed by atoms with Crippen molar-refractivity contribution in [2.75, 3.05) is 52.5 Å². The molecular weight excluding hydrogens is 415 g/mol. The smallest absolute Gasteiger partial charge is 0.244 e. The number of ether oxygens (including phenoxy) is 2. The van der Waals surface area contributed by atoms with Gasteiger partial charge in [-0.15, -0.1) is 0 Å². The number of pyridine rings is 1. The van der Waals surface area contributed by atoms with Crippen molar-refractivity contribution in [2.24, 2.45) is 17.1 Å². The first kappa shape index (κ1) is 21.2. The van der Waals surface area contributed by atoms with E-state index >= 15 is 0 Å². The molecule has 1 aliphatic carbocycles. The van der Waals surface area contributed by atoms with Crippen LogP contribution in [0.2, 0.25) is 0 Å². The minimum absolute atomic E-state index is 0.0179. The molecule has 1 saturated carbocycles. The summed E-state index contributed by atoms with van der Waals surface area (Å²) in [4.78, 5) is 18.8. The van der Waals surface area contributed by atoms with Gasteiger partial charge in [0.15, 0.2) is 0 Å². The molecule has 0 bridgehead atoms. The third-order valence-electron chi connectivity index (χ3n) is 6.01. The molecule has 2 N–H and O–H groups in total. The van der Waals surface area contributed by atoms with Crippen LogP contribution < -0.4 is 10.5 Å². The largest absolute Gasteiger partial charge is 0.473 e. The highest BCUT2D eigenvalue weighted by Crippen LogP contribution is 2.59. The fraction of sp³-hybridized carbons (Fsp3) is 0.579. The summed E-state index contributed by atoms with van der Waals surface area (Å²) in [6, 6.07) is 2.82. The molecule has 1 unspecified atom stereocenters. The normalized spacial score (nSPS) is 27.1. The van der Waals surface area contributed by atoms with Gasteiger partial charge in [0.1, 0.15) is 11.5 Å². The second-order valence-corrected chi connectivity index (χ2v) is 9.79. The molecule has 0 radical (unpaired) electrons. The molecular formula is C19H25FN4O5S. The fourth-order valence-corrected chi connectivity index (χ4v) is 5.59. The van der Waals surface area contributed by atoms with Crippen LogP contribution >= 0.6 is 0 Å². The summed E-state index contributed by atoms with van der Waals surface area (Å²) in [7, 11) is -3.77. The predicted molar refractivity (Wildman–Crippen MR) is 105 cm³/mol. The SMILES string of the molecule is NC/C(=C\F)COc1ccc(S(=O)(=O)N2CC3C[C@@]3(C(=O)N3CCOCC3)C2)cn1. The Hall–Kier alpha value is -2.08. The van der Waals surface area contributed by atoms with Gasteiger partial charge in [-0.05, 0) is 18.4 Å². The minimum atomic E-state index is -3.77. The molecule has 3 heterocycles. The zero-order chi connectivity index (χ0) is 21.4. The molecule has 1 aromatic heterocycles. The van der Waals surface area contributed by atoms with E-state index in [-0.39, 0.29) is 47.9 Å². The number of nitrogens with two attached hydrogens (primary N) is 1. The van der Waals surface area contributed by atoms with E-state index in [0.29, 0.717) is 39.2 Å². The van der Waals surface area contributed by atoms with Crippen molar-refractivity contribution in [1.29, 1.82) is 0 Å².